The summed E-state index contributed by atoms with van der Waals surface area (Å²) in [6.07, 6.45) is 3.01. The number of aromatic nitrogens is 3. The number of nitrogens with zero attached hydrogens (tertiary/aromatic N) is 4. The normalized spacial score (nSPS) is 10.8. The molecule has 0 amide bonds. The first-order valence-corrected chi connectivity index (χ1v) is 6.75. The predicted molar refractivity (Wildman–Crippen MR) is 82.4 cm³/mol. The second kappa shape index (κ2) is 5.48. The maximum atomic E-state index is 12.4. The van der Waals surface area contributed by atoms with E-state index in [2.05, 4.69) is 4.98 Å². The lowest BCUT2D eigenvalue weighted by Gasteiger charge is -2.07. The monoisotopic (exact) mass is 312 g/mol. The van der Waals surface area contributed by atoms with Crippen LogP contribution in [0.3, 0.4) is 0 Å². The van der Waals surface area contributed by atoms with Crippen LogP contribution in [0, 0.1) is 10.1 Å². The lowest BCUT2D eigenvalue weighted by Crippen LogP contribution is -2.25. The molecule has 0 atom stereocenters. The summed E-state index contributed by atoms with van der Waals surface area (Å²) in [5.74, 6) is -0.244. The summed E-state index contributed by atoms with van der Waals surface area (Å²) in [6, 6.07) is 7.27. The second-order valence-electron chi connectivity index (χ2n) is 5.06. The molecule has 8 nitrogen and oxygen atoms in total. The zero-order chi connectivity index (χ0) is 16.6. The summed E-state index contributed by atoms with van der Waals surface area (Å²) in [5, 5.41) is 10.9. The highest BCUT2D eigenvalue weighted by Gasteiger charge is 2.14. The van der Waals surface area contributed by atoms with E-state index in [0.717, 1.165) is 4.57 Å². The van der Waals surface area contributed by atoms with Crippen molar-refractivity contribution in [1.82, 2.24) is 14.1 Å². The molecule has 0 spiro atoms. The maximum absolute atomic E-state index is 12.4. The van der Waals surface area contributed by atoms with Gasteiger partial charge in [0, 0.05) is 25.4 Å². The molecule has 23 heavy (non-hydrogen) atoms. The number of aryl methyl sites for hydroxylation is 1. The molecule has 3 rings (SSSR count). The first kappa shape index (κ1) is 14.6. The van der Waals surface area contributed by atoms with Crippen molar-refractivity contribution in [3.05, 3.63) is 69.0 Å². The molecule has 116 valence electrons. The fourth-order valence-electron chi connectivity index (χ4n) is 2.36. The van der Waals surface area contributed by atoms with E-state index in [-0.39, 0.29) is 23.4 Å². The summed E-state index contributed by atoms with van der Waals surface area (Å²) in [6.45, 7) is -0.178. The van der Waals surface area contributed by atoms with Crippen molar-refractivity contribution < 1.29 is 9.72 Å². The summed E-state index contributed by atoms with van der Waals surface area (Å²) < 4.78 is 2.81. The number of non-ortho nitro benzene ring substituents is 1. The van der Waals surface area contributed by atoms with Crippen LogP contribution in [0.5, 0.6) is 0 Å². The van der Waals surface area contributed by atoms with Crippen LogP contribution in [0.2, 0.25) is 0 Å². The molecule has 8 heteroatoms. The Morgan fingerprint density at radius 1 is 1.35 bits per heavy atom. The topological polar surface area (TPSA) is 100 Å². The van der Waals surface area contributed by atoms with Gasteiger partial charge in [-0.2, -0.15) is 0 Å². The first-order valence-electron chi connectivity index (χ1n) is 6.75. The number of nitro benzene ring substituents is 1. The molecule has 0 saturated carbocycles. The number of nitro groups is 1. The minimum absolute atomic E-state index is 0.112. The molecule has 0 aliphatic rings. The fraction of sp³-hybridized carbons (Fsp3) is 0.133. The van der Waals surface area contributed by atoms with E-state index in [1.165, 1.54) is 24.5 Å². The van der Waals surface area contributed by atoms with Gasteiger partial charge in [0.05, 0.1) is 34.4 Å². The van der Waals surface area contributed by atoms with E-state index in [1.54, 1.807) is 29.9 Å². The Labute approximate surface area is 129 Å². The minimum atomic E-state index is -0.578. The van der Waals surface area contributed by atoms with Crippen molar-refractivity contribution in [1.29, 1.82) is 0 Å². The molecule has 0 fully saturated rings. The smallest absolute Gasteiger partial charge is 0.270 e. The van der Waals surface area contributed by atoms with Crippen molar-refractivity contribution in [2.24, 2.45) is 7.05 Å². The van der Waals surface area contributed by atoms with E-state index >= 15 is 0 Å². The van der Waals surface area contributed by atoms with Crippen LogP contribution in [-0.2, 0) is 13.6 Å². The van der Waals surface area contributed by atoms with E-state index < -0.39 is 10.5 Å². The number of fused-ring (bicyclic) bond motifs is 1. The zero-order valence-electron chi connectivity index (χ0n) is 12.2. The molecular weight excluding hydrogens is 300 g/mol. The summed E-state index contributed by atoms with van der Waals surface area (Å²) >= 11 is 0. The largest absolute Gasteiger partial charge is 0.348 e. The zero-order valence-corrected chi connectivity index (χ0v) is 12.2. The Bertz CT molecular complexity index is 987. The number of hydrogen-bond acceptors (Lipinski definition) is 5. The van der Waals surface area contributed by atoms with Crippen LogP contribution in [0.1, 0.15) is 10.5 Å². The molecule has 1 aromatic carbocycles. The number of carbonyl (C=O) groups is 1. The lowest BCUT2D eigenvalue weighted by atomic mass is 10.2. The molecule has 2 heterocycles. The van der Waals surface area contributed by atoms with Crippen LogP contribution in [0.4, 0.5) is 5.69 Å². The maximum Gasteiger partial charge on any atom is 0.270 e. The van der Waals surface area contributed by atoms with Crippen LogP contribution < -0.4 is 5.56 Å². The van der Waals surface area contributed by atoms with Gasteiger partial charge >= 0.3 is 0 Å². The van der Waals surface area contributed by atoms with Crippen LogP contribution >= 0.6 is 0 Å². The van der Waals surface area contributed by atoms with E-state index in [4.69, 9.17) is 0 Å². The Hall–Kier alpha value is -3.29. The fourth-order valence-corrected chi connectivity index (χ4v) is 2.36. The highest BCUT2D eigenvalue weighted by Crippen LogP contribution is 2.16. The molecule has 0 aliphatic carbocycles. The first-order chi connectivity index (χ1) is 11.0. The van der Waals surface area contributed by atoms with Gasteiger partial charge in [-0.3, -0.25) is 24.3 Å². The van der Waals surface area contributed by atoms with Crippen molar-refractivity contribution >= 4 is 22.4 Å². The third kappa shape index (κ3) is 2.61. The Morgan fingerprint density at radius 3 is 2.78 bits per heavy atom. The quantitative estimate of drug-likeness (QED) is 0.413. The Balaban J connectivity index is 2.03. The SMILES string of the molecule is Cn1cccc1C(=O)Cn1cnc2ccc([N+](=O)[O-])cc2c1=O. The van der Waals surface area contributed by atoms with Gasteiger partial charge in [-0.25, -0.2) is 4.98 Å². The van der Waals surface area contributed by atoms with Crippen molar-refractivity contribution in [2.45, 2.75) is 6.54 Å². The van der Waals surface area contributed by atoms with Gasteiger partial charge < -0.3 is 4.57 Å². The van der Waals surface area contributed by atoms with Gasteiger partial charge in [0.2, 0.25) is 0 Å². The molecule has 2 aromatic heterocycles. The predicted octanol–water partition coefficient (Wildman–Crippen LogP) is 1.53. The van der Waals surface area contributed by atoms with Crippen molar-refractivity contribution in [3.8, 4) is 0 Å². The van der Waals surface area contributed by atoms with Gasteiger partial charge in [-0.1, -0.05) is 0 Å². The Kier molecular flexibility index (Phi) is 3.49. The number of ketones is 1. The van der Waals surface area contributed by atoms with E-state index in [0.29, 0.717) is 11.2 Å². The molecule has 0 N–H and O–H groups in total. The van der Waals surface area contributed by atoms with Gasteiger partial charge in [0.15, 0.2) is 5.78 Å². The molecule has 0 bridgehead atoms. The third-order valence-electron chi connectivity index (χ3n) is 3.56. The van der Waals surface area contributed by atoms with Gasteiger partial charge in [-0.15, -0.1) is 0 Å². The molecule has 0 radical (unpaired) electrons. The average Bonchev–Trinajstić information content (AvgIpc) is 2.96. The molecule has 0 aliphatic heterocycles. The third-order valence-corrected chi connectivity index (χ3v) is 3.56. The Morgan fingerprint density at radius 2 is 2.13 bits per heavy atom. The molecule has 0 saturated heterocycles. The molecular formula is C15H12N4O4. The van der Waals surface area contributed by atoms with E-state index in [9.17, 15) is 19.7 Å². The van der Waals surface area contributed by atoms with Crippen LogP contribution in [-0.4, -0.2) is 24.8 Å². The van der Waals surface area contributed by atoms with Gasteiger partial charge in [0.1, 0.15) is 0 Å². The van der Waals surface area contributed by atoms with Crippen LogP contribution in [0.15, 0.2) is 47.7 Å². The number of carbonyl (C=O) groups excluding carboxylic acids is 1. The number of rotatable bonds is 4. The minimum Gasteiger partial charge on any atom is -0.348 e. The highest BCUT2D eigenvalue weighted by atomic mass is 16.6. The lowest BCUT2D eigenvalue weighted by molar-refractivity contribution is -0.384. The number of Topliss-reactive ketones (excluding diaryl/α,β-unsaturated/α-hetero) is 1. The molecule has 3 aromatic rings. The standard InChI is InChI=1S/C15H12N4O4/c1-17-6-2-3-13(17)14(20)8-18-9-16-12-5-4-10(19(22)23)7-11(12)15(18)21/h2-7,9H,8H2,1H3. The average molecular weight is 312 g/mol. The number of hydrogen-bond donors (Lipinski definition) is 0. The van der Waals surface area contributed by atoms with E-state index in [1.807, 2.05) is 0 Å². The second-order valence-corrected chi connectivity index (χ2v) is 5.06. The van der Waals surface area contributed by atoms with Crippen molar-refractivity contribution in [3.63, 3.8) is 0 Å². The summed E-state index contributed by atoms with van der Waals surface area (Å²) in [7, 11) is 1.73. The summed E-state index contributed by atoms with van der Waals surface area (Å²) in [5.41, 5.74) is 0.142. The van der Waals surface area contributed by atoms with Crippen LogP contribution in [0.25, 0.3) is 10.9 Å². The molecule has 0 unspecified atom stereocenters. The van der Waals surface area contributed by atoms with Gasteiger partial charge in [0.25, 0.3) is 11.2 Å². The van der Waals surface area contributed by atoms with Crippen molar-refractivity contribution in [2.75, 3.05) is 0 Å². The van der Waals surface area contributed by atoms with Gasteiger partial charge in [-0.05, 0) is 18.2 Å². The number of benzene rings is 1. The summed E-state index contributed by atoms with van der Waals surface area (Å²) in [4.78, 5) is 39.0. The highest BCUT2D eigenvalue weighted by molar-refractivity contribution is 5.94.